The molecule has 30 nitrogen and oxygen atoms in total. The molecule has 1 aliphatic heterocycles. The van der Waals surface area contributed by atoms with Crippen LogP contribution in [0, 0.1) is 17.8 Å². The summed E-state index contributed by atoms with van der Waals surface area (Å²) >= 11 is 0. The molecule has 2 rings (SSSR count). The highest BCUT2D eigenvalue weighted by Crippen LogP contribution is 2.21. The molecule has 0 aliphatic carbocycles. The van der Waals surface area contributed by atoms with Crippen molar-refractivity contribution in [2.45, 2.75) is 199 Å². The maximum absolute atomic E-state index is 14.2. The number of carboxylic acid groups (broad SMARTS) is 1. The van der Waals surface area contributed by atoms with Gasteiger partial charge in [-0.25, -0.2) is 4.79 Å². The molecule has 1 aliphatic rings. The van der Waals surface area contributed by atoms with Crippen LogP contribution in [-0.2, 0) is 68.7 Å². The number of hydrogen-bond acceptors (Lipinski definition) is 17. The third-order valence-corrected chi connectivity index (χ3v) is 13.8. The molecule has 85 heavy (non-hydrogen) atoms. The minimum absolute atomic E-state index is 0.0399. The Morgan fingerprint density at radius 2 is 1.02 bits per heavy atom. The summed E-state index contributed by atoms with van der Waals surface area (Å²) < 4.78 is 0. The van der Waals surface area contributed by atoms with E-state index in [1.54, 1.807) is 58.0 Å². The number of benzene rings is 1. The fourth-order valence-corrected chi connectivity index (χ4v) is 9.01. The van der Waals surface area contributed by atoms with Gasteiger partial charge in [-0.15, -0.1) is 0 Å². The molecule has 1 aromatic rings. The zero-order chi connectivity index (χ0) is 64.6. The molecule has 0 saturated carbocycles. The standard InChI is InChI=1S/C55H90N14O16/c1-26(2)22-34(63-50(79)41(59)30(8)70)47(76)66-42(27(3)4)51(80)65-37(25-40(58)73)54(83)69-21-15-19-38(69)49(78)60-29(7)45(74)62-36(24-39(57)72)48(77)67-43(28(5)6)52(81)68-44(31(9)71)53(82)64-35(23-32-16-11-10-12-17-32)46(75)61-33(55(84)85)18-13-14-20-56/h10-12,16-17,26-31,33-38,41-44,70-71H,13-15,18-25,56,59H2,1-9H3,(H2,57,72)(H2,58,73)(H,60,78)(H,61,75)(H,62,74)(H,63,79)(H,64,82)(H,65,80)(H,66,76)(H,67,77)(H,68,81)(H,84,85)/t29-,30+,31+,33-,34-,35-,36-,37-,38-,41-,42-,43-,44-/m0/s1. The molecule has 30 heteroatoms. The quantitative estimate of drug-likeness (QED) is 0.0280. The molecule has 13 atom stereocenters. The summed E-state index contributed by atoms with van der Waals surface area (Å²) in [5.41, 5.74) is 22.9. The highest BCUT2D eigenvalue weighted by molar-refractivity contribution is 6.00. The van der Waals surface area contributed by atoms with E-state index in [9.17, 15) is 77.6 Å². The molecule has 12 amide bonds. The van der Waals surface area contributed by atoms with E-state index in [1.165, 1.54) is 34.6 Å². The van der Waals surface area contributed by atoms with Gasteiger partial charge in [-0.1, -0.05) is 71.9 Å². The summed E-state index contributed by atoms with van der Waals surface area (Å²) in [4.78, 5) is 175. The van der Waals surface area contributed by atoms with Crippen molar-refractivity contribution in [3.8, 4) is 0 Å². The SMILES string of the molecule is CC(C)C[C@H](NC(=O)[C@@H](N)[C@@H](C)O)C(=O)N[C@H](C(=O)N[C@@H](CC(N)=O)C(=O)N1CCC[C@H]1C(=O)N[C@@H](C)C(=O)N[C@@H](CC(N)=O)C(=O)N[C@H](C(=O)N[C@H](C(=O)N[C@@H](Cc1ccccc1)C(=O)N[C@@H](CCCCN)C(=O)O)[C@@H](C)O)C(C)C)C(C)C. The van der Waals surface area contributed by atoms with Crippen LogP contribution in [0.1, 0.15) is 119 Å². The van der Waals surface area contributed by atoms with Crippen LogP contribution in [0.15, 0.2) is 30.3 Å². The van der Waals surface area contributed by atoms with Gasteiger partial charge in [-0.05, 0) is 89.2 Å². The number of nitrogens with two attached hydrogens (primary N) is 4. The Kier molecular flexibility index (Phi) is 30.6. The van der Waals surface area contributed by atoms with Crippen LogP contribution in [0.5, 0.6) is 0 Å². The summed E-state index contributed by atoms with van der Waals surface area (Å²) in [7, 11) is 0. The fraction of sp³-hybridized carbons (Fsp3) is 0.655. The number of unbranched alkanes of at least 4 members (excludes halogenated alkanes) is 1. The maximum Gasteiger partial charge on any atom is 0.326 e. The Morgan fingerprint density at radius 1 is 0.553 bits per heavy atom. The molecular weight excluding hydrogens is 1110 g/mol. The molecule has 20 N–H and O–H groups in total. The Balaban J connectivity index is 2.28. The maximum atomic E-state index is 14.2. The Morgan fingerprint density at radius 3 is 1.53 bits per heavy atom. The number of amides is 12. The van der Waals surface area contributed by atoms with Gasteiger partial charge >= 0.3 is 5.97 Å². The number of hydrogen-bond donors (Lipinski definition) is 16. The van der Waals surface area contributed by atoms with Crippen LogP contribution in [-0.4, -0.2) is 189 Å². The van der Waals surface area contributed by atoms with Gasteiger partial charge in [0.15, 0.2) is 0 Å². The number of likely N-dealkylation sites (tertiary alicyclic amines) is 1. The third kappa shape index (κ3) is 24.4. The summed E-state index contributed by atoms with van der Waals surface area (Å²) in [5, 5.41) is 52.5. The van der Waals surface area contributed by atoms with Gasteiger partial charge in [0.2, 0.25) is 70.9 Å². The lowest BCUT2D eigenvalue weighted by molar-refractivity contribution is -0.143. The molecule has 0 bridgehead atoms. The van der Waals surface area contributed by atoms with E-state index in [1.807, 2.05) is 0 Å². The second-order valence-corrected chi connectivity index (χ2v) is 22.5. The summed E-state index contributed by atoms with van der Waals surface area (Å²) in [6.07, 6.45) is -3.24. The molecule has 476 valence electrons. The number of carbonyl (C=O) groups excluding carboxylic acids is 12. The van der Waals surface area contributed by atoms with Crippen molar-refractivity contribution < 1.29 is 77.6 Å². The summed E-state index contributed by atoms with van der Waals surface area (Å²) in [6.45, 7) is 13.7. The van der Waals surface area contributed by atoms with Gasteiger partial charge in [0.05, 0.1) is 25.0 Å². The first-order chi connectivity index (χ1) is 39.7. The van der Waals surface area contributed by atoms with Gasteiger partial charge in [0, 0.05) is 13.0 Å². The average Bonchev–Trinajstić information content (AvgIpc) is 4.21. The zero-order valence-corrected chi connectivity index (χ0v) is 49.8. The molecule has 0 aromatic heterocycles. The number of rotatable bonds is 36. The van der Waals surface area contributed by atoms with Crippen LogP contribution in [0.2, 0.25) is 0 Å². The molecule has 1 heterocycles. The summed E-state index contributed by atoms with van der Waals surface area (Å²) in [6, 6.07) is -7.72. The molecule has 1 saturated heterocycles. The van der Waals surface area contributed by atoms with Crippen molar-refractivity contribution in [2.24, 2.45) is 40.7 Å². The van der Waals surface area contributed by atoms with Crippen LogP contribution in [0.25, 0.3) is 0 Å². The van der Waals surface area contributed by atoms with Crippen molar-refractivity contribution in [2.75, 3.05) is 13.1 Å². The van der Waals surface area contributed by atoms with Crippen molar-refractivity contribution in [1.29, 1.82) is 0 Å². The van der Waals surface area contributed by atoms with Crippen molar-refractivity contribution in [3.63, 3.8) is 0 Å². The van der Waals surface area contributed by atoms with Crippen molar-refractivity contribution >= 4 is 76.9 Å². The zero-order valence-electron chi connectivity index (χ0n) is 49.8. The Labute approximate surface area is 494 Å². The molecule has 0 radical (unpaired) electrons. The van der Waals surface area contributed by atoms with Gasteiger partial charge in [0.25, 0.3) is 0 Å². The molecular formula is C55H90N14O16. The lowest BCUT2D eigenvalue weighted by Gasteiger charge is -2.31. The first-order valence-corrected chi connectivity index (χ1v) is 28.4. The van der Waals surface area contributed by atoms with Gasteiger partial charge in [-0.3, -0.25) is 57.5 Å². The van der Waals surface area contributed by atoms with E-state index >= 15 is 0 Å². The first-order valence-electron chi connectivity index (χ1n) is 28.4. The molecule has 1 fully saturated rings. The van der Waals surface area contributed by atoms with Gasteiger partial charge in [0.1, 0.15) is 66.5 Å². The summed E-state index contributed by atoms with van der Waals surface area (Å²) in [5.74, 6) is -14.4. The van der Waals surface area contributed by atoms with Crippen molar-refractivity contribution in [3.05, 3.63) is 35.9 Å². The van der Waals surface area contributed by atoms with Crippen LogP contribution >= 0.6 is 0 Å². The lowest BCUT2D eigenvalue weighted by Crippen LogP contribution is -2.62. The average molecular weight is 1200 g/mol. The van der Waals surface area contributed by atoms with E-state index in [2.05, 4.69) is 47.9 Å². The second kappa shape index (κ2) is 35.5. The minimum atomic E-state index is -1.77. The first kappa shape index (κ1) is 73.3. The van der Waals surface area contributed by atoms with Crippen LogP contribution in [0.4, 0.5) is 0 Å². The minimum Gasteiger partial charge on any atom is -0.480 e. The predicted molar refractivity (Wildman–Crippen MR) is 307 cm³/mol. The van der Waals surface area contributed by atoms with E-state index in [0.717, 1.165) is 4.90 Å². The van der Waals surface area contributed by atoms with E-state index in [4.69, 9.17) is 22.9 Å². The normalized spacial score (nSPS) is 17.4. The van der Waals surface area contributed by atoms with Gasteiger partial charge < -0.3 is 91.0 Å². The third-order valence-electron chi connectivity index (χ3n) is 13.8. The topological polar surface area (TPSA) is 498 Å². The molecule has 1 aromatic carbocycles. The van der Waals surface area contributed by atoms with Crippen molar-refractivity contribution in [1.82, 2.24) is 52.8 Å². The number of aliphatic hydroxyl groups excluding tert-OH is 2. The highest BCUT2D eigenvalue weighted by atomic mass is 16.4. The lowest BCUT2D eigenvalue weighted by atomic mass is 9.99. The Hall–Kier alpha value is -7.83. The van der Waals surface area contributed by atoms with Crippen LogP contribution < -0.4 is 70.8 Å². The number of carbonyl (C=O) groups is 13. The van der Waals surface area contributed by atoms with Crippen LogP contribution in [0.3, 0.4) is 0 Å². The highest BCUT2D eigenvalue weighted by Gasteiger charge is 2.42. The largest absolute Gasteiger partial charge is 0.480 e. The molecule has 0 unspecified atom stereocenters. The number of aliphatic hydroxyl groups is 2. The monoisotopic (exact) mass is 1200 g/mol. The Bertz CT molecular complexity index is 2500. The second-order valence-electron chi connectivity index (χ2n) is 22.5. The number of nitrogens with zero attached hydrogens (tertiary/aromatic N) is 1. The predicted octanol–water partition coefficient (Wildman–Crippen LogP) is -4.99. The number of aliphatic carboxylic acids is 1. The van der Waals surface area contributed by atoms with E-state index < -0.39 is 180 Å². The fourth-order valence-electron chi connectivity index (χ4n) is 9.01. The number of primary amides is 2. The smallest absolute Gasteiger partial charge is 0.326 e. The number of carboxylic acids is 1. The van der Waals surface area contributed by atoms with E-state index in [-0.39, 0.29) is 44.6 Å². The van der Waals surface area contributed by atoms with E-state index in [0.29, 0.717) is 24.9 Å². The molecule has 0 spiro atoms. The van der Waals surface area contributed by atoms with Gasteiger partial charge in [-0.2, -0.15) is 0 Å². The number of nitrogens with one attached hydrogen (secondary N) is 9.